The number of phenols is 1. The van der Waals surface area contributed by atoms with Crippen LogP contribution < -0.4 is 10.1 Å². The summed E-state index contributed by atoms with van der Waals surface area (Å²) in [4.78, 5) is 4.00. The minimum Gasteiger partial charge on any atom is -0.504 e. The number of imidazole rings is 1. The average molecular weight is 296 g/mol. The first-order valence-electron chi connectivity index (χ1n) is 6.34. The summed E-state index contributed by atoms with van der Waals surface area (Å²) in [7, 11) is 1.50. The summed E-state index contributed by atoms with van der Waals surface area (Å²) in [6, 6.07) is 3.56. The molecule has 20 heavy (non-hydrogen) atoms. The SMILES string of the molecule is COc1cc(Cl)cc(CNC(C)Cn2ccnc2)c1O. The minimum absolute atomic E-state index is 0.124. The molecule has 0 radical (unpaired) electrons. The Hall–Kier alpha value is -1.72. The number of benzene rings is 1. The molecule has 0 spiro atoms. The Morgan fingerprint density at radius 2 is 2.30 bits per heavy atom. The molecule has 0 saturated heterocycles. The molecule has 0 fully saturated rings. The van der Waals surface area contributed by atoms with Gasteiger partial charge in [-0.1, -0.05) is 11.6 Å². The van der Waals surface area contributed by atoms with Crippen LogP contribution in [0.2, 0.25) is 5.02 Å². The van der Waals surface area contributed by atoms with Crippen LogP contribution in [0, 0.1) is 0 Å². The topological polar surface area (TPSA) is 59.3 Å². The van der Waals surface area contributed by atoms with Crippen LogP contribution in [0.3, 0.4) is 0 Å². The van der Waals surface area contributed by atoms with Crippen LogP contribution in [0.25, 0.3) is 0 Å². The summed E-state index contributed by atoms with van der Waals surface area (Å²) in [5.41, 5.74) is 0.715. The molecule has 1 unspecified atom stereocenters. The van der Waals surface area contributed by atoms with Crippen molar-refractivity contribution in [2.45, 2.75) is 26.1 Å². The summed E-state index contributed by atoms with van der Waals surface area (Å²) in [5, 5.41) is 13.9. The van der Waals surface area contributed by atoms with Gasteiger partial charge in [0.1, 0.15) is 0 Å². The number of nitrogens with one attached hydrogen (secondary N) is 1. The molecule has 0 bridgehead atoms. The highest BCUT2D eigenvalue weighted by Crippen LogP contribution is 2.33. The molecule has 0 saturated carbocycles. The Balaban J connectivity index is 1.98. The Labute approximate surface area is 123 Å². The largest absolute Gasteiger partial charge is 0.504 e. The fourth-order valence-electron chi connectivity index (χ4n) is 1.98. The lowest BCUT2D eigenvalue weighted by molar-refractivity contribution is 0.368. The van der Waals surface area contributed by atoms with E-state index in [1.807, 2.05) is 10.8 Å². The van der Waals surface area contributed by atoms with Crippen molar-refractivity contribution in [1.82, 2.24) is 14.9 Å². The first-order chi connectivity index (χ1) is 9.60. The van der Waals surface area contributed by atoms with E-state index in [-0.39, 0.29) is 11.8 Å². The molecule has 0 aliphatic heterocycles. The van der Waals surface area contributed by atoms with Crippen LogP contribution in [-0.2, 0) is 13.1 Å². The van der Waals surface area contributed by atoms with Crippen molar-refractivity contribution in [2.75, 3.05) is 7.11 Å². The third kappa shape index (κ3) is 3.65. The van der Waals surface area contributed by atoms with Gasteiger partial charge < -0.3 is 19.7 Å². The fraction of sp³-hybridized carbons (Fsp3) is 0.357. The highest BCUT2D eigenvalue weighted by molar-refractivity contribution is 6.30. The minimum atomic E-state index is 0.124. The lowest BCUT2D eigenvalue weighted by Crippen LogP contribution is -2.29. The van der Waals surface area contributed by atoms with E-state index in [0.717, 1.165) is 6.54 Å². The van der Waals surface area contributed by atoms with E-state index in [9.17, 15) is 5.11 Å². The van der Waals surface area contributed by atoms with Gasteiger partial charge in [-0.3, -0.25) is 0 Å². The number of ether oxygens (including phenoxy) is 1. The van der Waals surface area contributed by atoms with Gasteiger partial charge in [0.15, 0.2) is 11.5 Å². The maximum atomic E-state index is 10.0. The van der Waals surface area contributed by atoms with Gasteiger partial charge in [-0.15, -0.1) is 0 Å². The van der Waals surface area contributed by atoms with Crippen molar-refractivity contribution in [3.05, 3.63) is 41.4 Å². The lowest BCUT2D eigenvalue weighted by atomic mass is 10.1. The summed E-state index contributed by atoms with van der Waals surface area (Å²) in [5.74, 6) is 0.510. The second-order valence-electron chi connectivity index (χ2n) is 4.66. The number of nitrogens with zero attached hydrogens (tertiary/aromatic N) is 2. The fourth-order valence-corrected chi connectivity index (χ4v) is 2.21. The van der Waals surface area contributed by atoms with Crippen LogP contribution in [0.5, 0.6) is 11.5 Å². The Morgan fingerprint density at radius 1 is 1.50 bits per heavy atom. The number of rotatable bonds is 6. The number of hydrogen-bond donors (Lipinski definition) is 2. The smallest absolute Gasteiger partial charge is 0.162 e. The van der Waals surface area contributed by atoms with Gasteiger partial charge >= 0.3 is 0 Å². The predicted octanol–water partition coefficient (Wildman–Crippen LogP) is 2.43. The monoisotopic (exact) mass is 295 g/mol. The van der Waals surface area contributed by atoms with Gasteiger partial charge in [0, 0.05) is 48.2 Å². The van der Waals surface area contributed by atoms with Crippen molar-refractivity contribution in [3.8, 4) is 11.5 Å². The molecule has 0 amide bonds. The molecule has 5 nitrogen and oxygen atoms in total. The van der Waals surface area contributed by atoms with Gasteiger partial charge in [0.25, 0.3) is 0 Å². The zero-order valence-electron chi connectivity index (χ0n) is 11.5. The number of phenolic OH excluding ortho intramolecular Hbond substituents is 1. The van der Waals surface area contributed by atoms with E-state index >= 15 is 0 Å². The van der Waals surface area contributed by atoms with Crippen LogP contribution in [0.15, 0.2) is 30.9 Å². The number of hydrogen-bond acceptors (Lipinski definition) is 4. The maximum absolute atomic E-state index is 10.0. The van der Waals surface area contributed by atoms with Crippen LogP contribution in [-0.4, -0.2) is 27.8 Å². The predicted molar refractivity (Wildman–Crippen MR) is 78.2 cm³/mol. The molecule has 108 valence electrons. The van der Waals surface area contributed by atoms with Crippen molar-refractivity contribution in [1.29, 1.82) is 0 Å². The number of aromatic hydroxyl groups is 1. The molecular formula is C14H18ClN3O2. The van der Waals surface area contributed by atoms with E-state index in [1.54, 1.807) is 24.7 Å². The molecule has 1 heterocycles. The average Bonchev–Trinajstić information content (AvgIpc) is 2.92. The third-order valence-corrected chi connectivity index (χ3v) is 3.24. The van der Waals surface area contributed by atoms with Crippen LogP contribution in [0.4, 0.5) is 0 Å². The van der Waals surface area contributed by atoms with E-state index in [1.165, 1.54) is 7.11 Å². The first kappa shape index (κ1) is 14.7. The van der Waals surface area contributed by atoms with E-state index in [0.29, 0.717) is 22.9 Å². The normalized spacial score (nSPS) is 12.3. The molecule has 2 rings (SSSR count). The number of aromatic nitrogens is 2. The van der Waals surface area contributed by atoms with Gasteiger partial charge in [0.2, 0.25) is 0 Å². The third-order valence-electron chi connectivity index (χ3n) is 3.02. The van der Waals surface area contributed by atoms with E-state index in [4.69, 9.17) is 16.3 Å². The summed E-state index contributed by atoms with van der Waals surface area (Å²) < 4.78 is 7.08. The Kier molecular flexibility index (Phi) is 4.87. The summed E-state index contributed by atoms with van der Waals surface area (Å²) in [6.07, 6.45) is 5.44. The molecule has 1 aromatic heterocycles. The second kappa shape index (κ2) is 6.63. The zero-order chi connectivity index (χ0) is 14.5. The molecular weight excluding hydrogens is 278 g/mol. The standard InChI is InChI=1S/C14H18ClN3O2/c1-10(8-18-4-3-16-9-18)17-7-11-5-12(15)6-13(20-2)14(11)19/h3-6,9-10,17,19H,7-8H2,1-2H3. The number of halogens is 1. The summed E-state index contributed by atoms with van der Waals surface area (Å²) in [6.45, 7) is 3.38. The second-order valence-corrected chi connectivity index (χ2v) is 5.09. The molecule has 6 heteroatoms. The van der Waals surface area contributed by atoms with Crippen molar-refractivity contribution in [2.24, 2.45) is 0 Å². The summed E-state index contributed by atoms with van der Waals surface area (Å²) >= 11 is 6.00. The molecule has 0 aliphatic carbocycles. The van der Waals surface area contributed by atoms with Crippen molar-refractivity contribution >= 4 is 11.6 Å². The van der Waals surface area contributed by atoms with Gasteiger partial charge in [0.05, 0.1) is 13.4 Å². The van der Waals surface area contributed by atoms with Crippen molar-refractivity contribution in [3.63, 3.8) is 0 Å². The molecule has 2 aromatic rings. The van der Waals surface area contributed by atoms with Gasteiger partial charge in [-0.05, 0) is 13.0 Å². The molecule has 1 aromatic carbocycles. The van der Waals surface area contributed by atoms with Crippen LogP contribution >= 0.6 is 11.6 Å². The first-order valence-corrected chi connectivity index (χ1v) is 6.72. The maximum Gasteiger partial charge on any atom is 0.162 e. The molecule has 1 atom stereocenters. The molecule has 0 aliphatic rings. The van der Waals surface area contributed by atoms with Gasteiger partial charge in [-0.25, -0.2) is 4.98 Å². The zero-order valence-corrected chi connectivity index (χ0v) is 12.3. The highest BCUT2D eigenvalue weighted by Gasteiger charge is 2.11. The quantitative estimate of drug-likeness (QED) is 0.859. The Morgan fingerprint density at radius 3 is 2.95 bits per heavy atom. The Bertz CT molecular complexity index is 558. The number of methoxy groups -OCH3 is 1. The highest BCUT2D eigenvalue weighted by atomic mass is 35.5. The van der Waals surface area contributed by atoms with E-state index in [2.05, 4.69) is 17.2 Å². The van der Waals surface area contributed by atoms with E-state index < -0.39 is 0 Å². The van der Waals surface area contributed by atoms with Crippen molar-refractivity contribution < 1.29 is 9.84 Å². The van der Waals surface area contributed by atoms with Crippen LogP contribution in [0.1, 0.15) is 12.5 Å². The molecule has 2 N–H and O–H groups in total. The van der Waals surface area contributed by atoms with Gasteiger partial charge in [-0.2, -0.15) is 0 Å². The lowest BCUT2D eigenvalue weighted by Gasteiger charge is -2.16.